The van der Waals surface area contributed by atoms with E-state index in [2.05, 4.69) is 32.9 Å². The molecule has 32 heavy (non-hydrogen) atoms. The van der Waals surface area contributed by atoms with Crippen LogP contribution in [-0.4, -0.2) is 28.9 Å². The Hall–Kier alpha value is -4.07. The summed E-state index contributed by atoms with van der Waals surface area (Å²) < 4.78 is 0. The lowest BCUT2D eigenvalue weighted by Crippen LogP contribution is -2.19. The summed E-state index contributed by atoms with van der Waals surface area (Å²) in [6, 6.07) is 15.7. The molecular formula is C24H28N8. The van der Waals surface area contributed by atoms with Gasteiger partial charge in [0, 0.05) is 36.7 Å². The standard InChI is InChI=1S/C24H28N8/c1-3-32(30-17(2)25)20-9-7-19(8-10-20)28-24-27-13-12-22(29-24)18-6-11-21(26)23(16-18)31-14-4-5-15-31/h3,6-13,16H,1,4-5,14-15,26H2,2H3,(H2,25,30)(H,27,28,29). The molecule has 4 rings (SSSR count). The van der Waals surface area contributed by atoms with E-state index < -0.39 is 0 Å². The Kier molecular flexibility index (Phi) is 6.21. The Morgan fingerprint density at radius 1 is 1.16 bits per heavy atom. The van der Waals surface area contributed by atoms with E-state index in [1.54, 1.807) is 24.3 Å². The second-order valence-electron chi connectivity index (χ2n) is 7.67. The van der Waals surface area contributed by atoms with Crippen molar-refractivity contribution in [3.8, 4) is 11.3 Å². The number of anilines is 5. The molecule has 3 aromatic rings. The summed E-state index contributed by atoms with van der Waals surface area (Å²) >= 11 is 0. The van der Waals surface area contributed by atoms with Crippen molar-refractivity contribution < 1.29 is 0 Å². The number of benzene rings is 2. The molecular weight excluding hydrogens is 400 g/mol. The van der Waals surface area contributed by atoms with Gasteiger partial charge in [-0.2, -0.15) is 5.10 Å². The molecule has 0 saturated carbocycles. The van der Waals surface area contributed by atoms with Gasteiger partial charge in [0.1, 0.15) is 5.84 Å². The first kappa shape index (κ1) is 21.2. The van der Waals surface area contributed by atoms with Crippen LogP contribution >= 0.6 is 0 Å². The molecule has 8 heteroatoms. The largest absolute Gasteiger partial charge is 0.397 e. The van der Waals surface area contributed by atoms with E-state index in [1.807, 2.05) is 42.5 Å². The fourth-order valence-electron chi connectivity index (χ4n) is 3.72. The van der Waals surface area contributed by atoms with Crippen LogP contribution in [0.15, 0.2) is 72.6 Å². The summed E-state index contributed by atoms with van der Waals surface area (Å²) in [5.74, 6) is 0.971. The minimum absolute atomic E-state index is 0.452. The van der Waals surface area contributed by atoms with E-state index in [0.29, 0.717) is 11.8 Å². The zero-order valence-electron chi connectivity index (χ0n) is 18.2. The summed E-state index contributed by atoms with van der Waals surface area (Å²) in [5, 5.41) is 9.10. The Morgan fingerprint density at radius 2 is 1.91 bits per heavy atom. The lowest BCUT2D eigenvalue weighted by molar-refractivity contribution is 0.949. The van der Waals surface area contributed by atoms with Crippen molar-refractivity contribution in [2.45, 2.75) is 19.8 Å². The molecule has 1 fully saturated rings. The molecule has 164 valence electrons. The van der Waals surface area contributed by atoms with Gasteiger partial charge >= 0.3 is 0 Å². The van der Waals surface area contributed by atoms with Crippen molar-refractivity contribution >= 4 is 34.5 Å². The molecule has 0 unspecified atom stereocenters. The van der Waals surface area contributed by atoms with Crippen LogP contribution < -0.4 is 26.7 Å². The number of rotatable bonds is 7. The van der Waals surface area contributed by atoms with Crippen LogP contribution in [0.2, 0.25) is 0 Å². The van der Waals surface area contributed by atoms with Gasteiger partial charge in [-0.3, -0.25) is 0 Å². The lowest BCUT2D eigenvalue weighted by Gasteiger charge is -2.20. The molecule has 0 spiro atoms. The number of hydrogen-bond acceptors (Lipinski definition) is 7. The molecule has 0 radical (unpaired) electrons. The van der Waals surface area contributed by atoms with Crippen molar-refractivity contribution in [1.29, 1.82) is 0 Å². The predicted molar refractivity (Wildman–Crippen MR) is 133 cm³/mol. The van der Waals surface area contributed by atoms with Crippen LogP contribution in [0.5, 0.6) is 0 Å². The maximum atomic E-state index is 6.24. The number of aromatic nitrogens is 2. The number of hydrogen-bond donors (Lipinski definition) is 3. The fourth-order valence-corrected chi connectivity index (χ4v) is 3.72. The monoisotopic (exact) mass is 428 g/mol. The normalized spacial score (nSPS) is 13.8. The van der Waals surface area contributed by atoms with Gasteiger partial charge < -0.3 is 21.7 Å². The first-order valence-electron chi connectivity index (χ1n) is 10.6. The Bertz CT molecular complexity index is 1110. The zero-order valence-corrected chi connectivity index (χ0v) is 18.2. The van der Waals surface area contributed by atoms with Crippen LogP contribution in [0.1, 0.15) is 19.8 Å². The van der Waals surface area contributed by atoms with Crippen molar-refractivity contribution in [1.82, 2.24) is 9.97 Å². The summed E-state index contributed by atoms with van der Waals surface area (Å²) in [6.07, 6.45) is 5.76. The van der Waals surface area contributed by atoms with Crippen molar-refractivity contribution in [3.05, 3.63) is 67.5 Å². The second kappa shape index (κ2) is 9.38. The predicted octanol–water partition coefficient (Wildman–Crippen LogP) is 4.31. The van der Waals surface area contributed by atoms with Gasteiger partial charge in [0.2, 0.25) is 5.95 Å². The summed E-state index contributed by atoms with van der Waals surface area (Å²) in [6.45, 7) is 7.58. The molecule has 1 aliphatic rings. The number of nitrogen functional groups attached to an aromatic ring is 1. The maximum absolute atomic E-state index is 6.24. The Balaban J connectivity index is 1.53. The van der Waals surface area contributed by atoms with E-state index in [4.69, 9.17) is 16.5 Å². The first-order valence-corrected chi connectivity index (χ1v) is 10.6. The van der Waals surface area contributed by atoms with E-state index in [0.717, 1.165) is 47.1 Å². The number of amidine groups is 1. The van der Waals surface area contributed by atoms with Gasteiger partial charge in [-0.15, -0.1) is 0 Å². The van der Waals surface area contributed by atoms with Gasteiger partial charge in [0.15, 0.2) is 0 Å². The van der Waals surface area contributed by atoms with E-state index in [1.165, 1.54) is 12.8 Å². The Morgan fingerprint density at radius 3 is 2.59 bits per heavy atom. The van der Waals surface area contributed by atoms with Gasteiger partial charge in [-0.25, -0.2) is 15.0 Å². The summed E-state index contributed by atoms with van der Waals surface area (Å²) in [4.78, 5) is 11.4. The third kappa shape index (κ3) is 4.80. The third-order valence-electron chi connectivity index (χ3n) is 5.25. The molecule has 0 aliphatic carbocycles. The van der Waals surface area contributed by atoms with E-state index in [-0.39, 0.29) is 0 Å². The van der Waals surface area contributed by atoms with Crippen molar-refractivity contribution in [3.63, 3.8) is 0 Å². The molecule has 1 aromatic heterocycles. The number of nitrogens with zero attached hydrogens (tertiary/aromatic N) is 5. The molecule has 2 aromatic carbocycles. The molecule has 0 bridgehead atoms. The average Bonchev–Trinajstić information content (AvgIpc) is 3.33. The highest BCUT2D eigenvalue weighted by molar-refractivity contribution is 5.79. The highest BCUT2D eigenvalue weighted by Crippen LogP contribution is 2.31. The number of nitrogens with one attached hydrogen (secondary N) is 1. The molecule has 0 atom stereocenters. The fraction of sp³-hybridized carbons (Fsp3) is 0.208. The third-order valence-corrected chi connectivity index (χ3v) is 5.25. The highest BCUT2D eigenvalue weighted by atomic mass is 15.5. The van der Waals surface area contributed by atoms with Crippen molar-refractivity contribution in [2.24, 2.45) is 10.8 Å². The number of hydrazone groups is 1. The van der Waals surface area contributed by atoms with Crippen LogP contribution in [0.25, 0.3) is 11.3 Å². The van der Waals surface area contributed by atoms with Crippen LogP contribution in [0.3, 0.4) is 0 Å². The first-order chi connectivity index (χ1) is 15.5. The van der Waals surface area contributed by atoms with Crippen molar-refractivity contribution in [2.75, 3.05) is 34.0 Å². The van der Waals surface area contributed by atoms with Crippen LogP contribution in [0.4, 0.5) is 28.7 Å². The highest BCUT2D eigenvalue weighted by Gasteiger charge is 2.16. The SMILES string of the molecule is C=CN(/N=C(/C)N)c1ccc(Nc2nccc(-c3ccc(N)c(N4CCCC4)c3)n2)cc1. The van der Waals surface area contributed by atoms with Crippen LogP contribution in [0, 0.1) is 0 Å². The van der Waals surface area contributed by atoms with Gasteiger partial charge in [-0.1, -0.05) is 12.6 Å². The quantitative estimate of drug-likeness (QED) is 0.223. The minimum Gasteiger partial charge on any atom is -0.397 e. The maximum Gasteiger partial charge on any atom is 0.227 e. The molecule has 5 N–H and O–H groups in total. The lowest BCUT2D eigenvalue weighted by atomic mass is 10.1. The molecule has 1 aliphatic heterocycles. The van der Waals surface area contributed by atoms with Gasteiger partial charge in [0.25, 0.3) is 0 Å². The zero-order chi connectivity index (χ0) is 22.5. The second-order valence-corrected chi connectivity index (χ2v) is 7.67. The summed E-state index contributed by atoms with van der Waals surface area (Å²) in [5.41, 5.74) is 17.3. The van der Waals surface area contributed by atoms with Crippen LogP contribution in [-0.2, 0) is 0 Å². The van der Waals surface area contributed by atoms with E-state index >= 15 is 0 Å². The molecule has 0 amide bonds. The molecule has 2 heterocycles. The Labute approximate surface area is 188 Å². The topological polar surface area (TPSA) is 109 Å². The van der Waals surface area contributed by atoms with E-state index in [9.17, 15) is 0 Å². The van der Waals surface area contributed by atoms with Gasteiger partial charge in [0.05, 0.1) is 22.8 Å². The average molecular weight is 429 g/mol. The summed E-state index contributed by atoms with van der Waals surface area (Å²) in [7, 11) is 0. The van der Waals surface area contributed by atoms with Gasteiger partial charge in [-0.05, 0) is 62.2 Å². The molecule has 1 saturated heterocycles. The number of nitrogens with two attached hydrogens (primary N) is 2. The minimum atomic E-state index is 0.452. The smallest absolute Gasteiger partial charge is 0.227 e. The molecule has 8 nitrogen and oxygen atoms in total.